The molecule has 0 aliphatic carbocycles. The fourth-order valence-corrected chi connectivity index (χ4v) is 1.08. The number of ether oxygens (including phenoxy) is 1. The molecule has 2 nitrogen and oxygen atoms in total. The molecule has 0 radical (unpaired) electrons. The molecule has 0 aliphatic heterocycles. The van der Waals surface area contributed by atoms with Gasteiger partial charge in [-0.1, -0.05) is 30.7 Å². The quantitative estimate of drug-likeness (QED) is 0.571. The Morgan fingerprint density at radius 1 is 1.44 bits per heavy atom. The Morgan fingerprint density at radius 2 is 2.00 bits per heavy atom. The minimum absolute atomic E-state index is 0.418. The first-order valence-electron chi connectivity index (χ1n) is 4.92. The van der Waals surface area contributed by atoms with E-state index >= 15 is 0 Å². The van der Waals surface area contributed by atoms with Gasteiger partial charge in [0.2, 0.25) is 0 Å². The van der Waals surface area contributed by atoms with Crippen molar-refractivity contribution >= 4 is 12.0 Å². The van der Waals surface area contributed by atoms with Gasteiger partial charge in [0, 0.05) is 0 Å². The minimum Gasteiger partial charge on any atom is -0.443 e. The first-order chi connectivity index (χ1) is 7.48. The molecule has 0 atom stereocenters. The number of carbonyl (C=O) groups excluding carboxylic acids is 1. The molecule has 0 heterocycles. The summed E-state index contributed by atoms with van der Waals surface area (Å²) in [6, 6.07) is 6.97. The Kier molecular flexibility index (Phi) is 3.52. The Balaban J connectivity index is 2.82. The summed E-state index contributed by atoms with van der Waals surface area (Å²) < 4.78 is 5.15. The highest BCUT2D eigenvalue weighted by Crippen LogP contribution is 2.13. The van der Waals surface area contributed by atoms with Crippen LogP contribution in [0.4, 0.5) is 0 Å². The van der Waals surface area contributed by atoms with E-state index in [4.69, 9.17) is 11.2 Å². The monoisotopic (exact) mass is 214 g/mol. The second-order valence-electron chi connectivity index (χ2n) is 3.87. The second kappa shape index (κ2) is 4.67. The van der Waals surface area contributed by atoms with Crippen molar-refractivity contribution in [1.29, 1.82) is 0 Å². The number of benzene rings is 1. The summed E-state index contributed by atoms with van der Waals surface area (Å²) in [6.07, 6.45) is 6.95. The molecule has 1 rings (SSSR count). The van der Waals surface area contributed by atoms with Crippen LogP contribution in [-0.4, -0.2) is 11.6 Å². The first-order valence-corrected chi connectivity index (χ1v) is 4.92. The van der Waals surface area contributed by atoms with Crippen LogP contribution >= 0.6 is 0 Å². The lowest BCUT2D eigenvalue weighted by Gasteiger charge is -2.18. The summed E-state index contributed by atoms with van der Waals surface area (Å²) in [7, 11) is 0. The molecule has 16 heavy (non-hydrogen) atoms. The molecular weight excluding hydrogens is 200 g/mol. The summed E-state index contributed by atoms with van der Waals surface area (Å²) >= 11 is 0. The Hall–Kier alpha value is -2.01. The molecule has 0 saturated heterocycles. The van der Waals surface area contributed by atoms with Crippen molar-refractivity contribution in [3.05, 3.63) is 42.0 Å². The van der Waals surface area contributed by atoms with E-state index in [1.807, 2.05) is 0 Å². The predicted octanol–water partition coefficient (Wildman–Crippen LogP) is 2.90. The van der Waals surface area contributed by atoms with Gasteiger partial charge in [-0.2, -0.15) is 0 Å². The largest absolute Gasteiger partial charge is 0.443 e. The van der Waals surface area contributed by atoms with E-state index in [9.17, 15) is 4.79 Å². The Bertz CT molecular complexity index is 433. The van der Waals surface area contributed by atoms with Gasteiger partial charge in [-0.3, -0.25) is 0 Å². The fraction of sp³-hybridized carbons (Fsp3) is 0.214. The highest BCUT2D eigenvalue weighted by atomic mass is 16.6. The predicted molar refractivity (Wildman–Crippen MR) is 64.9 cm³/mol. The van der Waals surface area contributed by atoms with Gasteiger partial charge in [0.25, 0.3) is 0 Å². The summed E-state index contributed by atoms with van der Waals surface area (Å²) in [5.41, 5.74) is 0.551. The van der Waals surface area contributed by atoms with Crippen LogP contribution < -0.4 is 0 Å². The summed E-state index contributed by atoms with van der Waals surface area (Å²) in [5, 5.41) is 0. The lowest BCUT2D eigenvalue weighted by atomic mass is 10.1. The van der Waals surface area contributed by atoms with Gasteiger partial charge < -0.3 is 4.74 Å². The molecule has 0 spiro atoms. The molecule has 0 saturated carbocycles. The van der Waals surface area contributed by atoms with Gasteiger partial charge in [-0.15, -0.1) is 6.42 Å². The van der Waals surface area contributed by atoms with E-state index in [-0.39, 0.29) is 0 Å². The molecule has 0 aromatic heterocycles. The van der Waals surface area contributed by atoms with E-state index in [2.05, 4.69) is 12.5 Å². The van der Waals surface area contributed by atoms with Gasteiger partial charge in [0.05, 0.1) is 5.56 Å². The van der Waals surface area contributed by atoms with E-state index in [0.717, 1.165) is 5.56 Å². The summed E-state index contributed by atoms with van der Waals surface area (Å²) in [6.45, 7) is 6.97. The molecule has 0 bridgehead atoms. The number of carbonyl (C=O) groups is 1. The van der Waals surface area contributed by atoms with Crippen molar-refractivity contribution in [3.8, 4) is 12.3 Å². The van der Waals surface area contributed by atoms with Crippen LogP contribution in [-0.2, 0) is 4.74 Å². The Morgan fingerprint density at radius 3 is 2.44 bits per heavy atom. The summed E-state index contributed by atoms with van der Waals surface area (Å²) in [4.78, 5) is 11.7. The summed E-state index contributed by atoms with van der Waals surface area (Å²) in [5.74, 6) is 1.99. The number of rotatable bonds is 3. The molecular formula is C14H14O2. The van der Waals surface area contributed by atoms with Gasteiger partial charge in [0.1, 0.15) is 0 Å². The Labute approximate surface area is 95.9 Å². The van der Waals surface area contributed by atoms with Gasteiger partial charge in [-0.25, -0.2) is 4.79 Å². The molecule has 1 aromatic carbocycles. The third kappa shape index (κ3) is 2.99. The average molecular weight is 214 g/mol. The van der Waals surface area contributed by atoms with E-state index in [1.165, 1.54) is 0 Å². The number of hydrogen-bond donors (Lipinski definition) is 0. The van der Waals surface area contributed by atoms with Crippen molar-refractivity contribution in [3.63, 3.8) is 0 Å². The smallest absolute Gasteiger partial charge is 0.339 e. The highest BCUT2D eigenvalue weighted by Gasteiger charge is 2.20. The maximum absolute atomic E-state index is 11.7. The number of esters is 1. The van der Waals surface area contributed by atoms with Gasteiger partial charge in [0.15, 0.2) is 5.60 Å². The third-order valence-electron chi connectivity index (χ3n) is 2.08. The van der Waals surface area contributed by atoms with Crippen LogP contribution in [0.2, 0.25) is 0 Å². The van der Waals surface area contributed by atoms with Crippen molar-refractivity contribution in [2.24, 2.45) is 0 Å². The van der Waals surface area contributed by atoms with Crippen LogP contribution in [0.25, 0.3) is 6.08 Å². The van der Waals surface area contributed by atoms with Crippen molar-refractivity contribution in [2.75, 3.05) is 0 Å². The molecule has 1 aromatic rings. The molecule has 0 unspecified atom stereocenters. The van der Waals surface area contributed by atoms with Crippen LogP contribution in [0.15, 0.2) is 30.8 Å². The molecule has 82 valence electrons. The SMILES string of the molecule is C#CC(C)(C)OC(=O)c1ccc(C=C)cc1. The third-order valence-corrected chi connectivity index (χ3v) is 2.08. The topological polar surface area (TPSA) is 26.3 Å². The number of terminal acetylenes is 1. The molecule has 0 N–H and O–H groups in total. The standard InChI is InChI=1S/C14H14O2/c1-5-11-7-9-12(10-8-11)13(15)16-14(3,4)6-2/h2,5,7-10H,1H2,3-4H3. The van der Waals surface area contributed by atoms with Crippen molar-refractivity contribution < 1.29 is 9.53 Å². The fourth-order valence-electron chi connectivity index (χ4n) is 1.08. The lowest BCUT2D eigenvalue weighted by Crippen LogP contribution is -2.25. The number of hydrogen-bond acceptors (Lipinski definition) is 2. The van der Waals surface area contributed by atoms with Crippen LogP contribution in [0.5, 0.6) is 0 Å². The van der Waals surface area contributed by atoms with E-state index < -0.39 is 11.6 Å². The maximum Gasteiger partial charge on any atom is 0.339 e. The first kappa shape index (κ1) is 12.1. The average Bonchev–Trinajstić information content (AvgIpc) is 2.28. The van der Waals surface area contributed by atoms with Crippen LogP contribution in [0.1, 0.15) is 29.8 Å². The van der Waals surface area contributed by atoms with Crippen LogP contribution in [0, 0.1) is 12.3 Å². The lowest BCUT2D eigenvalue weighted by molar-refractivity contribution is 0.0205. The maximum atomic E-state index is 11.7. The second-order valence-corrected chi connectivity index (χ2v) is 3.87. The normalized spacial score (nSPS) is 10.3. The van der Waals surface area contributed by atoms with Crippen LogP contribution in [0.3, 0.4) is 0 Å². The highest BCUT2D eigenvalue weighted by molar-refractivity contribution is 5.90. The molecule has 0 fully saturated rings. The molecule has 2 heteroatoms. The van der Waals surface area contributed by atoms with E-state index in [1.54, 1.807) is 44.2 Å². The zero-order valence-corrected chi connectivity index (χ0v) is 9.49. The zero-order valence-electron chi connectivity index (χ0n) is 9.49. The van der Waals surface area contributed by atoms with Gasteiger partial charge >= 0.3 is 5.97 Å². The van der Waals surface area contributed by atoms with Crippen molar-refractivity contribution in [1.82, 2.24) is 0 Å². The van der Waals surface area contributed by atoms with Crippen molar-refractivity contribution in [2.45, 2.75) is 19.4 Å². The zero-order chi connectivity index (χ0) is 12.2. The molecule has 0 amide bonds. The minimum atomic E-state index is -0.881. The van der Waals surface area contributed by atoms with E-state index in [0.29, 0.717) is 5.56 Å². The van der Waals surface area contributed by atoms with Gasteiger partial charge in [-0.05, 0) is 31.5 Å². The molecule has 0 aliphatic rings.